The van der Waals surface area contributed by atoms with Crippen molar-refractivity contribution in [3.8, 4) is 0 Å². The van der Waals surface area contributed by atoms with Crippen LogP contribution < -0.4 is 9.80 Å². The predicted molar refractivity (Wildman–Crippen MR) is 119 cm³/mol. The maximum atomic E-state index is 12.3. The summed E-state index contributed by atoms with van der Waals surface area (Å²) in [6, 6.07) is 9.73. The Kier molecular flexibility index (Phi) is 6.67. The number of halogens is 2. The van der Waals surface area contributed by atoms with Crippen molar-refractivity contribution in [1.29, 1.82) is 0 Å². The lowest BCUT2D eigenvalue weighted by atomic mass is 10.2. The number of thioether (sulfide) groups is 1. The highest BCUT2D eigenvalue weighted by atomic mass is 35.5. The van der Waals surface area contributed by atoms with E-state index in [2.05, 4.69) is 19.8 Å². The minimum absolute atomic E-state index is 0.147. The molecule has 6 nitrogen and oxygen atoms in total. The van der Waals surface area contributed by atoms with Gasteiger partial charge in [-0.25, -0.2) is 9.97 Å². The average molecular weight is 452 g/mol. The summed E-state index contributed by atoms with van der Waals surface area (Å²) in [7, 11) is 0. The Balaban J connectivity index is 1.36. The van der Waals surface area contributed by atoms with Gasteiger partial charge < -0.3 is 14.7 Å². The van der Waals surface area contributed by atoms with Crippen LogP contribution in [0.3, 0.4) is 0 Å². The van der Waals surface area contributed by atoms with Crippen LogP contribution in [0, 0.1) is 0 Å². The number of nitrogens with zero attached hydrogens (tertiary/aromatic N) is 5. The summed E-state index contributed by atoms with van der Waals surface area (Å²) in [5.74, 6) is 1.32. The number of aromatic nitrogens is 2. The van der Waals surface area contributed by atoms with Crippen LogP contribution in [0.2, 0.25) is 10.2 Å². The first-order chi connectivity index (χ1) is 14.1. The van der Waals surface area contributed by atoms with Gasteiger partial charge in [0.25, 0.3) is 0 Å². The fourth-order valence-corrected chi connectivity index (χ4v) is 4.75. The van der Waals surface area contributed by atoms with Crippen molar-refractivity contribution in [2.24, 2.45) is 0 Å². The van der Waals surface area contributed by atoms with Gasteiger partial charge in [-0.1, -0.05) is 35.0 Å². The van der Waals surface area contributed by atoms with Crippen molar-refractivity contribution < 1.29 is 4.79 Å². The highest BCUT2D eigenvalue weighted by Crippen LogP contribution is 2.25. The van der Waals surface area contributed by atoms with E-state index in [4.69, 9.17) is 23.2 Å². The fraction of sp³-hybridized carbons (Fsp3) is 0.450. The fourth-order valence-electron chi connectivity index (χ4n) is 3.64. The Morgan fingerprint density at radius 2 is 1.59 bits per heavy atom. The molecule has 1 amide bonds. The smallest absolute Gasteiger partial charge is 0.233 e. The van der Waals surface area contributed by atoms with E-state index in [0.717, 1.165) is 63.0 Å². The van der Waals surface area contributed by atoms with Crippen LogP contribution >= 0.6 is 35.0 Å². The summed E-state index contributed by atoms with van der Waals surface area (Å²) in [6.45, 7) is 5.18. The van der Waals surface area contributed by atoms with Gasteiger partial charge in [0.1, 0.15) is 11.0 Å². The Morgan fingerprint density at radius 3 is 2.28 bits per heavy atom. The van der Waals surface area contributed by atoms with Crippen LogP contribution in [0.1, 0.15) is 12.8 Å². The number of likely N-dealkylation sites (tertiary alicyclic amines) is 1. The molecule has 2 saturated heterocycles. The maximum absolute atomic E-state index is 12.3. The number of anilines is 2. The minimum Gasteiger partial charge on any atom is -0.368 e. The SMILES string of the molecule is O=C(CSc1nc(Cl)cc(N2CCN(c3ccc(Cl)cc3)CC2)n1)N1CCCC1. The van der Waals surface area contributed by atoms with Crippen LogP contribution in [0.5, 0.6) is 0 Å². The molecule has 2 aromatic rings. The lowest BCUT2D eigenvalue weighted by Crippen LogP contribution is -2.46. The molecule has 0 bridgehead atoms. The van der Waals surface area contributed by atoms with Crippen LogP contribution in [-0.4, -0.2) is 65.8 Å². The first-order valence-electron chi connectivity index (χ1n) is 9.79. The van der Waals surface area contributed by atoms with E-state index >= 15 is 0 Å². The highest BCUT2D eigenvalue weighted by Gasteiger charge is 2.21. The normalized spacial score (nSPS) is 17.1. The first-order valence-corrected chi connectivity index (χ1v) is 11.5. The Hall–Kier alpha value is -1.70. The van der Waals surface area contributed by atoms with Gasteiger partial charge in [-0.3, -0.25) is 4.79 Å². The number of hydrogen-bond acceptors (Lipinski definition) is 6. The quantitative estimate of drug-likeness (QED) is 0.391. The third-order valence-electron chi connectivity index (χ3n) is 5.24. The van der Waals surface area contributed by atoms with Gasteiger partial charge >= 0.3 is 0 Å². The molecule has 2 aliphatic rings. The van der Waals surface area contributed by atoms with Gasteiger partial charge in [0.2, 0.25) is 5.91 Å². The number of carbonyl (C=O) groups is 1. The van der Waals surface area contributed by atoms with Crippen molar-refractivity contribution in [2.75, 3.05) is 54.8 Å². The summed E-state index contributed by atoms with van der Waals surface area (Å²) in [6.07, 6.45) is 2.19. The number of benzene rings is 1. The number of hydrogen-bond donors (Lipinski definition) is 0. The largest absolute Gasteiger partial charge is 0.368 e. The first kappa shape index (κ1) is 20.6. The average Bonchev–Trinajstić information content (AvgIpc) is 3.27. The molecule has 9 heteroatoms. The topological polar surface area (TPSA) is 52.6 Å². The molecule has 0 aliphatic carbocycles. The van der Waals surface area contributed by atoms with Crippen LogP contribution in [0.15, 0.2) is 35.5 Å². The summed E-state index contributed by atoms with van der Waals surface area (Å²) in [4.78, 5) is 27.7. The molecule has 4 rings (SSSR count). The second-order valence-corrected chi connectivity index (χ2v) is 8.92. The molecule has 0 radical (unpaired) electrons. The van der Waals surface area contributed by atoms with E-state index in [-0.39, 0.29) is 5.91 Å². The molecule has 1 aromatic heterocycles. The second-order valence-electron chi connectivity index (χ2n) is 7.16. The van der Waals surface area contributed by atoms with Crippen LogP contribution in [0.25, 0.3) is 0 Å². The van der Waals surface area contributed by atoms with Crippen molar-refractivity contribution in [2.45, 2.75) is 18.0 Å². The van der Waals surface area contributed by atoms with E-state index in [1.165, 1.54) is 17.4 Å². The molecule has 3 heterocycles. The monoisotopic (exact) mass is 451 g/mol. The van der Waals surface area contributed by atoms with E-state index in [9.17, 15) is 4.79 Å². The molecular weight excluding hydrogens is 429 g/mol. The van der Waals surface area contributed by atoms with E-state index in [1.807, 2.05) is 29.2 Å². The van der Waals surface area contributed by atoms with Gasteiger partial charge in [-0.2, -0.15) is 0 Å². The summed E-state index contributed by atoms with van der Waals surface area (Å²) in [5, 5.41) is 1.71. The van der Waals surface area contributed by atoms with Gasteiger partial charge in [-0.05, 0) is 37.1 Å². The molecule has 0 spiro atoms. The van der Waals surface area contributed by atoms with Gasteiger partial charge in [0.15, 0.2) is 5.16 Å². The molecule has 29 heavy (non-hydrogen) atoms. The number of piperazine rings is 1. The lowest BCUT2D eigenvalue weighted by molar-refractivity contribution is -0.127. The number of carbonyl (C=O) groups excluding carboxylic acids is 1. The third kappa shape index (κ3) is 5.27. The van der Waals surface area contributed by atoms with E-state index < -0.39 is 0 Å². The lowest BCUT2D eigenvalue weighted by Gasteiger charge is -2.36. The minimum atomic E-state index is 0.147. The molecule has 2 aliphatic heterocycles. The van der Waals surface area contributed by atoms with Crippen molar-refractivity contribution in [3.05, 3.63) is 40.5 Å². The van der Waals surface area contributed by atoms with Crippen LogP contribution in [-0.2, 0) is 4.79 Å². The van der Waals surface area contributed by atoms with Crippen LogP contribution in [0.4, 0.5) is 11.5 Å². The van der Waals surface area contributed by atoms with Crippen molar-refractivity contribution in [3.63, 3.8) is 0 Å². The van der Waals surface area contributed by atoms with Crippen molar-refractivity contribution >= 4 is 52.4 Å². The number of amides is 1. The molecule has 2 fully saturated rings. The maximum Gasteiger partial charge on any atom is 0.233 e. The standard InChI is InChI=1S/C20H23Cl2N5OS/c21-15-3-5-16(6-4-15)25-9-11-26(12-10-25)18-13-17(22)23-20(24-18)29-14-19(28)27-7-1-2-8-27/h3-6,13H,1-2,7-12,14H2. The summed E-state index contributed by atoms with van der Waals surface area (Å²) >= 11 is 13.6. The van der Waals surface area contributed by atoms with E-state index in [1.54, 1.807) is 6.07 Å². The zero-order valence-corrected chi connectivity index (χ0v) is 18.4. The van der Waals surface area contributed by atoms with Crippen molar-refractivity contribution in [1.82, 2.24) is 14.9 Å². The molecule has 0 N–H and O–H groups in total. The van der Waals surface area contributed by atoms with E-state index in [0.29, 0.717) is 16.1 Å². The number of rotatable bonds is 5. The summed E-state index contributed by atoms with van der Waals surface area (Å²) in [5.41, 5.74) is 1.17. The zero-order valence-electron chi connectivity index (χ0n) is 16.1. The molecule has 0 unspecified atom stereocenters. The van der Waals surface area contributed by atoms with Gasteiger partial charge in [-0.15, -0.1) is 0 Å². The zero-order chi connectivity index (χ0) is 20.2. The third-order valence-corrected chi connectivity index (χ3v) is 6.52. The highest BCUT2D eigenvalue weighted by molar-refractivity contribution is 7.99. The van der Waals surface area contributed by atoms with Gasteiger partial charge in [0, 0.05) is 56.0 Å². The van der Waals surface area contributed by atoms with Gasteiger partial charge in [0.05, 0.1) is 5.75 Å². The Bertz CT molecular complexity index is 852. The Morgan fingerprint density at radius 1 is 0.931 bits per heavy atom. The molecule has 0 atom stereocenters. The molecule has 154 valence electrons. The Labute approximate surface area is 185 Å². The second kappa shape index (κ2) is 9.41. The predicted octanol–water partition coefficient (Wildman–Crippen LogP) is 3.82. The summed E-state index contributed by atoms with van der Waals surface area (Å²) < 4.78 is 0. The molecule has 1 aromatic carbocycles. The molecule has 0 saturated carbocycles. The molecular formula is C20H23Cl2N5OS.